The van der Waals surface area contributed by atoms with E-state index in [1.165, 1.54) is 19.2 Å². The molecule has 1 aromatic carbocycles. The number of esters is 1. The first kappa shape index (κ1) is 14.2. The molecule has 0 radical (unpaired) electrons. The summed E-state index contributed by atoms with van der Waals surface area (Å²) in [4.78, 5) is 23.2. The quantitative estimate of drug-likeness (QED) is 0.459. The van der Waals surface area contributed by atoms with Crippen molar-refractivity contribution in [3.63, 3.8) is 0 Å². The highest BCUT2D eigenvalue weighted by atomic mass is 19.1. The van der Waals surface area contributed by atoms with Gasteiger partial charge in [-0.3, -0.25) is 4.79 Å². The zero-order chi connectivity index (χ0) is 13.7. The van der Waals surface area contributed by atoms with E-state index in [0.717, 1.165) is 0 Å². The number of carbonyl (C=O) groups excluding carboxylic acids is 2. The molecular formula is C13H15FO4. The summed E-state index contributed by atoms with van der Waals surface area (Å²) in [6.45, 7) is 3.49. The molecule has 0 aliphatic rings. The van der Waals surface area contributed by atoms with E-state index in [1.54, 1.807) is 6.92 Å². The van der Waals surface area contributed by atoms with Gasteiger partial charge in [-0.1, -0.05) is 6.92 Å². The van der Waals surface area contributed by atoms with Gasteiger partial charge in [0, 0.05) is 0 Å². The number of ether oxygens (including phenoxy) is 2. The second kappa shape index (κ2) is 6.14. The van der Waals surface area contributed by atoms with Crippen LogP contribution in [0.3, 0.4) is 0 Å². The molecule has 1 rings (SSSR count). The first-order chi connectivity index (χ1) is 8.54. The van der Waals surface area contributed by atoms with Crippen molar-refractivity contribution in [2.24, 2.45) is 0 Å². The van der Waals surface area contributed by atoms with Crippen LogP contribution in [0.5, 0.6) is 5.75 Å². The molecule has 0 atom stereocenters. The van der Waals surface area contributed by atoms with Gasteiger partial charge in [0.2, 0.25) is 0 Å². The number of halogens is 1. The number of Topliss-reactive ketones (excluding diaryl/α,β-unsaturated/α-hetero) is 1. The zero-order valence-corrected chi connectivity index (χ0v) is 10.6. The molecule has 0 aliphatic carbocycles. The van der Waals surface area contributed by atoms with Crippen molar-refractivity contribution in [3.8, 4) is 5.75 Å². The largest absolute Gasteiger partial charge is 0.493 e. The van der Waals surface area contributed by atoms with E-state index < -0.39 is 17.6 Å². The maximum Gasteiger partial charge on any atom is 0.379 e. The monoisotopic (exact) mass is 254 g/mol. The Labute approximate surface area is 105 Å². The van der Waals surface area contributed by atoms with Crippen LogP contribution >= 0.6 is 0 Å². The average molecular weight is 254 g/mol. The fraction of sp³-hybridized carbons (Fsp3) is 0.385. The summed E-state index contributed by atoms with van der Waals surface area (Å²) in [6.07, 6.45) is 0.546. The number of ketones is 1. The highest BCUT2D eigenvalue weighted by Gasteiger charge is 2.24. The number of hydrogen-bond acceptors (Lipinski definition) is 4. The van der Waals surface area contributed by atoms with Crippen molar-refractivity contribution >= 4 is 11.8 Å². The summed E-state index contributed by atoms with van der Waals surface area (Å²) in [5.41, 5.74) is 0.508. The number of methoxy groups -OCH3 is 1. The number of hydrogen-bond donors (Lipinski definition) is 0. The van der Waals surface area contributed by atoms with Crippen LogP contribution in [0, 0.1) is 5.82 Å². The SMILES string of the molecule is CCOC(=O)C(=O)c1cc(CC)cc(F)c1OC. The zero-order valence-electron chi connectivity index (χ0n) is 10.6. The van der Waals surface area contributed by atoms with Crippen molar-refractivity contribution in [1.29, 1.82) is 0 Å². The van der Waals surface area contributed by atoms with Crippen molar-refractivity contribution in [1.82, 2.24) is 0 Å². The predicted octanol–water partition coefficient (Wildman–Crippen LogP) is 2.14. The van der Waals surface area contributed by atoms with Crippen molar-refractivity contribution in [3.05, 3.63) is 29.1 Å². The summed E-state index contributed by atoms with van der Waals surface area (Å²) >= 11 is 0. The van der Waals surface area contributed by atoms with E-state index >= 15 is 0 Å². The molecule has 4 nitrogen and oxygen atoms in total. The summed E-state index contributed by atoms with van der Waals surface area (Å²) in [5, 5.41) is 0. The van der Waals surface area contributed by atoms with Gasteiger partial charge in [0.05, 0.1) is 19.3 Å². The van der Waals surface area contributed by atoms with Crippen LogP contribution in [0.1, 0.15) is 29.8 Å². The standard InChI is InChI=1S/C13H15FO4/c1-4-8-6-9(11(15)13(16)18-5-2)12(17-3)10(14)7-8/h6-7H,4-5H2,1-3H3. The van der Waals surface area contributed by atoms with Crippen LogP contribution in [-0.4, -0.2) is 25.5 Å². The highest BCUT2D eigenvalue weighted by Crippen LogP contribution is 2.25. The van der Waals surface area contributed by atoms with E-state index in [9.17, 15) is 14.0 Å². The molecule has 98 valence electrons. The Kier molecular flexibility index (Phi) is 4.83. The van der Waals surface area contributed by atoms with Gasteiger partial charge < -0.3 is 9.47 Å². The molecule has 0 saturated heterocycles. The fourth-order valence-electron chi connectivity index (χ4n) is 1.54. The molecule has 0 amide bonds. The Morgan fingerprint density at radius 1 is 1.28 bits per heavy atom. The third-order valence-electron chi connectivity index (χ3n) is 2.42. The van der Waals surface area contributed by atoms with Gasteiger partial charge >= 0.3 is 5.97 Å². The van der Waals surface area contributed by atoms with Crippen LogP contribution in [0.25, 0.3) is 0 Å². The lowest BCUT2D eigenvalue weighted by atomic mass is 10.0. The van der Waals surface area contributed by atoms with Crippen LogP contribution in [0.15, 0.2) is 12.1 Å². The van der Waals surface area contributed by atoms with E-state index in [4.69, 9.17) is 4.74 Å². The average Bonchev–Trinajstić information content (AvgIpc) is 2.37. The lowest BCUT2D eigenvalue weighted by Gasteiger charge is -2.10. The molecular weight excluding hydrogens is 239 g/mol. The van der Waals surface area contributed by atoms with Gasteiger partial charge in [0.15, 0.2) is 11.6 Å². The van der Waals surface area contributed by atoms with E-state index in [-0.39, 0.29) is 17.9 Å². The Morgan fingerprint density at radius 2 is 1.94 bits per heavy atom. The Balaban J connectivity index is 3.24. The van der Waals surface area contributed by atoms with Crippen LogP contribution in [0.4, 0.5) is 4.39 Å². The molecule has 5 heteroatoms. The van der Waals surface area contributed by atoms with Crippen molar-refractivity contribution in [2.45, 2.75) is 20.3 Å². The van der Waals surface area contributed by atoms with E-state index in [1.807, 2.05) is 6.92 Å². The summed E-state index contributed by atoms with van der Waals surface area (Å²) in [6, 6.07) is 2.72. The summed E-state index contributed by atoms with van der Waals surface area (Å²) < 4.78 is 23.1. The summed E-state index contributed by atoms with van der Waals surface area (Å²) in [5.74, 6) is -2.80. The summed E-state index contributed by atoms with van der Waals surface area (Å²) in [7, 11) is 1.24. The molecule has 0 fully saturated rings. The number of benzene rings is 1. The normalized spacial score (nSPS) is 10.0. The maximum absolute atomic E-state index is 13.7. The first-order valence-corrected chi connectivity index (χ1v) is 5.62. The third kappa shape index (κ3) is 2.85. The van der Waals surface area contributed by atoms with Gasteiger partial charge in [0.1, 0.15) is 0 Å². The lowest BCUT2D eigenvalue weighted by molar-refractivity contribution is -0.137. The predicted molar refractivity (Wildman–Crippen MR) is 63.3 cm³/mol. The Bertz CT molecular complexity index is 468. The second-order valence-corrected chi connectivity index (χ2v) is 3.56. The van der Waals surface area contributed by atoms with E-state index in [0.29, 0.717) is 12.0 Å². The molecule has 0 aromatic heterocycles. The van der Waals surface area contributed by atoms with Gasteiger partial charge in [-0.2, -0.15) is 0 Å². The number of rotatable bonds is 5. The van der Waals surface area contributed by atoms with E-state index in [2.05, 4.69) is 4.74 Å². The molecule has 0 aliphatic heterocycles. The minimum atomic E-state index is -1.01. The minimum absolute atomic E-state index is 0.0862. The van der Waals surface area contributed by atoms with Gasteiger partial charge in [-0.05, 0) is 31.0 Å². The topological polar surface area (TPSA) is 52.6 Å². The maximum atomic E-state index is 13.7. The van der Waals surface area contributed by atoms with Crippen molar-refractivity contribution < 1.29 is 23.5 Å². The second-order valence-electron chi connectivity index (χ2n) is 3.56. The highest BCUT2D eigenvalue weighted by molar-refractivity contribution is 6.41. The number of aryl methyl sites for hydroxylation is 1. The molecule has 0 heterocycles. The Morgan fingerprint density at radius 3 is 2.44 bits per heavy atom. The molecule has 1 aromatic rings. The molecule has 18 heavy (non-hydrogen) atoms. The van der Waals surface area contributed by atoms with Crippen molar-refractivity contribution in [2.75, 3.05) is 13.7 Å². The van der Waals surface area contributed by atoms with Crippen LogP contribution in [-0.2, 0) is 16.0 Å². The van der Waals surface area contributed by atoms with Gasteiger partial charge in [-0.25, -0.2) is 9.18 Å². The first-order valence-electron chi connectivity index (χ1n) is 5.62. The fourth-order valence-corrected chi connectivity index (χ4v) is 1.54. The van der Waals surface area contributed by atoms with Gasteiger partial charge in [-0.15, -0.1) is 0 Å². The third-order valence-corrected chi connectivity index (χ3v) is 2.42. The minimum Gasteiger partial charge on any atom is -0.493 e. The molecule has 0 spiro atoms. The van der Waals surface area contributed by atoms with Gasteiger partial charge in [0.25, 0.3) is 5.78 Å². The van der Waals surface area contributed by atoms with Crippen LogP contribution in [0.2, 0.25) is 0 Å². The number of carbonyl (C=O) groups is 2. The Hall–Kier alpha value is -1.91. The smallest absolute Gasteiger partial charge is 0.379 e. The lowest BCUT2D eigenvalue weighted by Crippen LogP contribution is -2.19. The molecule has 0 unspecified atom stereocenters. The molecule has 0 bridgehead atoms. The molecule has 0 saturated carbocycles. The molecule has 0 N–H and O–H groups in total. The van der Waals surface area contributed by atoms with Crippen LogP contribution < -0.4 is 4.74 Å².